The van der Waals surface area contributed by atoms with Gasteiger partial charge in [-0.15, -0.1) is 0 Å². The Bertz CT molecular complexity index is 394. The molecule has 0 aliphatic heterocycles. The van der Waals surface area contributed by atoms with Gasteiger partial charge in [0.25, 0.3) is 0 Å². The molecule has 0 aromatic rings. The first kappa shape index (κ1) is 19.3. The van der Waals surface area contributed by atoms with E-state index in [1.54, 1.807) is 0 Å². The van der Waals surface area contributed by atoms with Crippen LogP contribution in [0, 0.1) is 29.6 Å². The molecule has 0 bridgehead atoms. The van der Waals surface area contributed by atoms with E-state index in [-0.39, 0.29) is 0 Å². The van der Waals surface area contributed by atoms with Crippen molar-refractivity contribution < 1.29 is 4.74 Å². The predicted molar refractivity (Wildman–Crippen MR) is 104 cm³/mol. The van der Waals surface area contributed by atoms with Gasteiger partial charge in [-0.1, -0.05) is 43.8 Å². The van der Waals surface area contributed by atoms with Crippen molar-refractivity contribution in [1.29, 1.82) is 0 Å². The average molecular weight is 329 g/mol. The Kier molecular flexibility index (Phi) is 9.29. The summed E-state index contributed by atoms with van der Waals surface area (Å²) in [6, 6.07) is 0. The third kappa shape index (κ3) is 7.27. The van der Waals surface area contributed by atoms with Crippen LogP contribution in [0.5, 0.6) is 0 Å². The Morgan fingerprint density at radius 2 is 1.33 bits per heavy atom. The summed E-state index contributed by atoms with van der Waals surface area (Å²) < 4.78 is 5.71. The minimum absolute atomic E-state index is 0.501. The summed E-state index contributed by atoms with van der Waals surface area (Å²) in [6.07, 6.45) is 22.5. The third-order valence-electron chi connectivity index (χ3n) is 5.70. The van der Waals surface area contributed by atoms with Gasteiger partial charge in [-0.05, 0) is 88.2 Å². The van der Waals surface area contributed by atoms with E-state index in [4.69, 9.17) is 4.74 Å². The maximum atomic E-state index is 5.71. The van der Waals surface area contributed by atoms with E-state index >= 15 is 0 Å². The molecule has 1 nitrogen and oxygen atoms in total. The minimum Gasteiger partial charge on any atom is -0.379 e. The Labute approximate surface area is 149 Å². The zero-order valence-corrected chi connectivity index (χ0v) is 15.8. The Morgan fingerprint density at radius 1 is 0.792 bits per heavy atom. The van der Waals surface area contributed by atoms with E-state index in [0.717, 1.165) is 18.4 Å². The first-order valence-corrected chi connectivity index (χ1v) is 10.3. The normalized spacial score (nSPS) is 31.2. The van der Waals surface area contributed by atoms with Crippen molar-refractivity contribution in [3.63, 3.8) is 0 Å². The van der Waals surface area contributed by atoms with E-state index in [1.807, 2.05) is 0 Å². The third-order valence-corrected chi connectivity index (χ3v) is 5.70. The molecule has 0 atom stereocenters. The highest BCUT2D eigenvalue weighted by molar-refractivity contribution is 5.24. The highest BCUT2D eigenvalue weighted by Gasteiger charge is 2.19. The number of rotatable bonds is 6. The van der Waals surface area contributed by atoms with Crippen LogP contribution in [0.2, 0.25) is 0 Å². The van der Waals surface area contributed by atoms with Gasteiger partial charge in [0.15, 0.2) is 0 Å². The van der Waals surface area contributed by atoms with Crippen molar-refractivity contribution in [2.75, 3.05) is 6.61 Å². The quantitative estimate of drug-likeness (QED) is 0.520. The second-order valence-electron chi connectivity index (χ2n) is 7.57. The lowest BCUT2D eigenvalue weighted by Crippen LogP contribution is -2.20. The highest BCUT2D eigenvalue weighted by Crippen LogP contribution is 2.32. The second kappa shape index (κ2) is 11.5. The average Bonchev–Trinajstić information content (AvgIpc) is 2.61. The molecule has 134 valence electrons. The number of hydrogen-bond acceptors (Lipinski definition) is 1. The van der Waals surface area contributed by atoms with Gasteiger partial charge in [-0.2, -0.15) is 0 Å². The fourth-order valence-electron chi connectivity index (χ4n) is 4.23. The lowest BCUT2D eigenvalue weighted by atomic mass is 9.80. The van der Waals surface area contributed by atoms with Crippen molar-refractivity contribution in [2.24, 2.45) is 17.8 Å². The van der Waals surface area contributed by atoms with Crippen LogP contribution < -0.4 is 0 Å². The Morgan fingerprint density at radius 3 is 1.83 bits per heavy atom. The lowest BCUT2D eigenvalue weighted by Gasteiger charge is -2.26. The molecular weight excluding hydrogens is 292 g/mol. The number of ether oxygens (including phenoxy) is 1. The molecule has 2 aliphatic rings. The Hall–Kier alpha value is -1.00. The maximum absolute atomic E-state index is 5.71. The molecule has 2 rings (SSSR count). The SMILES string of the molecule is CCC[C@H]1CC[C@H](/C=C/C#C/C=C/[C@H]2CC[C@H](OCC)CC2)CC1. The first-order chi connectivity index (χ1) is 11.8. The molecule has 2 aliphatic carbocycles. The second-order valence-corrected chi connectivity index (χ2v) is 7.57. The molecule has 24 heavy (non-hydrogen) atoms. The molecular formula is C23H36O. The summed E-state index contributed by atoms with van der Waals surface area (Å²) in [5.74, 6) is 8.85. The smallest absolute Gasteiger partial charge is 0.0575 e. The predicted octanol–water partition coefficient (Wildman–Crippen LogP) is 6.30. The molecule has 2 fully saturated rings. The lowest BCUT2D eigenvalue weighted by molar-refractivity contribution is 0.0302. The zero-order valence-electron chi connectivity index (χ0n) is 15.8. The summed E-state index contributed by atoms with van der Waals surface area (Å²) >= 11 is 0. The van der Waals surface area contributed by atoms with Crippen molar-refractivity contribution in [2.45, 2.75) is 84.2 Å². The Balaban J connectivity index is 1.62. The van der Waals surface area contributed by atoms with Gasteiger partial charge in [0, 0.05) is 6.61 Å². The zero-order chi connectivity index (χ0) is 17.0. The van der Waals surface area contributed by atoms with E-state index in [1.165, 1.54) is 64.2 Å². The van der Waals surface area contributed by atoms with Gasteiger partial charge in [-0.25, -0.2) is 0 Å². The minimum atomic E-state index is 0.501. The van der Waals surface area contributed by atoms with Gasteiger partial charge in [0.1, 0.15) is 0 Å². The summed E-state index contributed by atoms with van der Waals surface area (Å²) in [7, 11) is 0. The van der Waals surface area contributed by atoms with Crippen LogP contribution >= 0.6 is 0 Å². The summed E-state index contributed by atoms with van der Waals surface area (Å²) in [4.78, 5) is 0. The number of allylic oxidation sites excluding steroid dienone is 4. The molecule has 0 amide bonds. The number of hydrogen-bond donors (Lipinski definition) is 0. The molecule has 0 N–H and O–H groups in total. The van der Waals surface area contributed by atoms with Crippen LogP contribution in [0.3, 0.4) is 0 Å². The molecule has 0 aromatic heterocycles. The van der Waals surface area contributed by atoms with Crippen molar-refractivity contribution in [3.8, 4) is 11.8 Å². The van der Waals surface area contributed by atoms with Crippen LogP contribution in [0.25, 0.3) is 0 Å². The van der Waals surface area contributed by atoms with Gasteiger partial charge < -0.3 is 4.74 Å². The van der Waals surface area contributed by atoms with E-state index in [2.05, 4.69) is 50.0 Å². The topological polar surface area (TPSA) is 9.23 Å². The van der Waals surface area contributed by atoms with E-state index < -0.39 is 0 Å². The van der Waals surface area contributed by atoms with Crippen LogP contribution in [0.15, 0.2) is 24.3 Å². The van der Waals surface area contributed by atoms with Crippen molar-refractivity contribution in [1.82, 2.24) is 0 Å². The fraction of sp³-hybridized carbons (Fsp3) is 0.739. The van der Waals surface area contributed by atoms with Crippen LogP contribution in [0.4, 0.5) is 0 Å². The monoisotopic (exact) mass is 328 g/mol. The van der Waals surface area contributed by atoms with Crippen LogP contribution in [-0.2, 0) is 4.74 Å². The van der Waals surface area contributed by atoms with Gasteiger partial charge in [0.05, 0.1) is 6.10 Å². The fourth-order valence-corrected chi connectivity index (χ4v) is 4.23. The molecule has 0 spiro atoms. The molecule has 2 saturated carbocycles. The van der Waals surface area contributed by atoms with E-state index in [0.29, 0.717) is 12.0 Å². The van der Waals surface area contributed by atoms with Gasteiger partial charge in [-0.3, -0.25) is 0 Å². The molecule has 0 unspecified atom stereocenters. The van der Waals surface area contributed by atoms with Crippen molar-refractivity contribution in [3.05, 3.63) is 24.3 Å². The van der Waals surface area contributed by atoms with E-state index in [9.17, 15) is 0 Å². The molecule has 0 saturated heterocycles. The summed E-state index contributed by atoms with van der Waals surface area (Å²) in [5, 5.41) is 0. The molecule has 0 aromatic carbocycles. The largest absolute Gasteiger partial charge is 0.379 e. The molecule has 0 radical (unpaired) electrons. The van der Waals surface area contributed by atoms with Crippen LogP contribution in [-0.4, -0.2) is 12.7 Å². The standard InChI is InChI=1S/C23H36O/c1-3-9-20-12-14-21(15-13-20)10-7-5-6-8-11-22-16-18-23(19-17-22)24-4-2/h7-8,10-11,20-23H,3-4,9,12-19H2,1-2H3/b10-7+,11-8+/t20-,21-,22-,23-. The summed E-state index contributed by atoms with van der Waals surface area (Å²) in [5.41, 5.74) is 0. The molecule has 0 heterocycles. The summed E-state index contributed by atoms with van der Waals surface area (Å²) in [6.45, 7) is 5.24. The van der Waals surface area contributed by atoms with Crippen molar-refractivity contribution >= 4 is 0 Å². The first-order valence-electron chi connectivity index (χ1n) is 10.3. The molecule has 1 heteroatoms. The van der Waals surface area contributed by atoms with Gasteiger partial charge >= 0.3 is 0 Å². The van der Waals surface area contributed by atoms with Crippen LogP contribution in [0.1, 0.15) is 78.1 Å². The maximum Gasteiger partial charge on any atom is 0.0575 e. The van der Waals surface area contributed by atoms with Gasteiger partial charge in [0.2, 0.25) is 0 Å². The highest BCUT2D eigenvalue weighted by atomic mass is 16.5.